The second kappa shape index (κ2) is 6.63. The number of ether oxygens (including phenoxy) is 1. The Labute approximate surface area is 147 Å². The van der Waals surface area contributed by atoms with Gasteiger partial charge in [0.1, 0.15) is 11.6 Å². The molecule has 25 heavy (non-hydrogen) atoms. The fraction of sp³-hybridized carbons (Fsp3) is 0.368. The van der Waals surface area contributed by atoms with Gasteiger partial charge in [-0.2, -0.15) is 9.61 Å². The molecule has 1 aliphatic heterocycles. The largest absolute Gasteiger partial charge is 0.497 e. The van der Waals surface area contributed by atoms with Crippen LogP contribution in [0.25, 0.3) is 5.65 Å². The zero-order valence-corrected chi connectivity index (χ0v) is 14.7. The number of fused-ring (bicyclic) bond motifs is 1. The van der Waals surface area contributed by atoms with E-state index in [9.17, 15) is 0 Å². The van der Waals surface area contributed by atoms with E-state index in [1.165, 1.54) is 5.69 Å². The van der Waals surface area contributed by atoms with E-state index in [4.69, 9.17) is 4.74 Å². The van der Waals surface area contributed by atoms with E-state index < -0.39 is 0 Å². The van der Waals surface area contributed by atoms with Crippen LogP contribution in [-0.2, 0) is 6.42 Å². The third-order valence-corrected chi connectivity index (χ3v) is 4.80. The highest BCUT2D eigenvalue weighted by Gasteiger charge is 2.20. The third-order valence-electron chi connectivity index (χ3n) is 4.80. The topological polar surface area (TPSA) is 45.9 Å². The Kier molecular flexibility index (Phi) is 4.17. The van der Waals surface area contributed by atoms with Crippen molar-refractivity contribution in [3.63, 3.8) is 0 Å². The van der Waals surface area contributed by atoms with E-state index in [-0.39, 0.29) is 0 Å². The van der Waals surface area contributed by atoms with E-state index in [0.717, 1.165) is 55.5 Å². The minimum Gasteiger partial charge on any atom is -0.497 e. The number of methoxy groups -OCH3 is 1. The van der Waals surface area contributed by atoms with Crippen LogP contribution in [-0.4, -0.2) is 47.9 Å². The molecule has 0 bridgehead atoms. The summed E-state index contributed by atoms with van der Waals surface area (Å²) in [5.74, 6) is 2.04. The van der Waals surface area contributed by atoms with Crippen molar-refractivity contribution in [1.82, 2.24) is 14.6 Å². The summed E-state index contributed by atoms with van der Waals surface area (Å²) in [6.07, 6.45) is 2.75. The van der Waals surface area contributed by atoms with Crippen LogP contribution in [0.5, 0.6) is 5.75 Å². The number of anilines is 2. The molecule has 2 aromatic heterocycles. The molecule has 0 spiro atoms. The Hall–Kier alpha value is -2.76. The van der Waals surface area contributed by atoms with Crippen molar-refractivity contribution in [1.29, 1.82) is 0 Å². The monoisotopic (exact) mass is 337 g/mol. The SMILES string of the molecule is CCc1cc(N2CCN(c3ccc(OC)cc3)CC2)n2nccc2n1. The van der Waals surface area contributed by atoms with Gasteiger partial charge in [0.2, 0.25) is 0 Å². The molecule has 0 aliphatic carbocycles. The standard InChI is InChI=1S/C19H23N5O/c1-3-15-14-19(24-18(21-15)8-9-20-24)23-12-10-22(11-13-23)16-4-6-17(25-2)7-5-16/h4-9,14H,3,10-13H2,1-2H3. The van der Waals surface area contributed by atoms with Crippen LogP contribution in [0.1, 0.15) is 12.6 Å². The van der Waals surface area contributed by atoms with Crippen LogP contribution < -0.4 is 14.5 Å². The van der Waals surface area contributed by atoms with Crippen LogP contribution in [0.15, 0.2) is 42.6 Å². The summed E-state index contributed by atoms with van der Waals surface area (Å²) in [7, 11) is 1.70. The van der Waals surface area contributed by atoms with E-state index in [2.05, 4.69) is 45.0 Å². The van der Waals surface area contributed by atoms with Gasteiger partial charge in [0.15, 0.2) is 5.65 Å². The Balaban J connectivity index is 1.52. The van der Waals surface area contributed by atoms with Gasteiger partial charge in [-0.25, -0.2) is 4.98 Å². The normalized spacial score (nSPS) is 15.0. The third kappa shape index (κ3) is 2.99. The number of hydrogen-bond acceptors (Lipinski definition) is 5. The first-order valence-electron chi connectivity index (χ1n) is 8.76. The van der Waals surface area contributed by atoms with E-state index in [1.807, 2.05) is 28.9 Å². The summed E-state index contributed by atoms with van der Waals surface area (Å²) >= 11 is 0. The zero-order valence-electron chi connectivity index (χ0n) is 14.7. The summed E-state index contributed by atoms with van der Waals surface area (Å²) in [6.45, 7) is 6.04. The average molecular weight is 337 g/mol. The molecule has 1 aliphatic rings. The molecule has 0 N–H and O–H groups in total. The number of aromatic nitrogens is 3. The first-order valence-corrected chi connectivity index (χ1v) is 8.76. The lowest BCUT2D eigenvalue weighted by molar-refractivity contribution is 0.415. The molecule has 0 saturated carbocycles. The van der Waals surface area contributed by atoms with Gasteiger partial charge >= 0.3 is 0 Å². The fourth-order valence-corrected chi connectivity index (χ4v) is 3.34. The molecule has 4 rings (SSSR count). The first-order chi connectivity index (χ1) is 12.3. The van der Waals surface area contributed by atoms with Crippen molar-refractivity contribution < 1.29 is 4.74 Å². The Morgan fingerprint density at radius 2 is 1.72 bits per heavy atom. The number of nitrogens with zero attached hydrogens (tertiary/aromatic N) is 5. The molecular formula is C19H23N5O. The molecule has 0 atom stereocenters. The highest BCUT2D eigenvalue weighted by Crippen LogP contribution is 2.23. The average Bonchev–Trinajstić information content (AvgIpc) is 3.16. The van der Waals surface area contributed by atoms with Gasteiger partial charge in [0.25, 0.3) is 0 Å². The number of aryl methyl sites for hydroxylation is 1. The van der Waals surface area contributed by atoms with Crippen LogP contribution in [0.3, 0.4) is 0 Å². The molecule has 1 saturated heterocycles. The number of piperazine rings is 1. The molecule has 3 heterocycles. The molecule has 6 heteroatoms. The fourth-order valence-electron chi connectivity index (χ4n) is 3.34. The van der Waals surface area contributed by atoms with Gasteiger partial charge in [-0.3, -0.25) is 0 Å². The lowest BCUT2D eigenvalue weighted by Crippen LogP contribution is -2.47. The Bertz CT molecular complexity index is 850. The highest BCUT2D eigenvalue weighted by atomic mass is 16.5. The first kappa shape index (κ1) is 15.7. The summed E-state index contributed by atoms with van der Waals surface area (Å²) in [4.78, 5) is 9.46. The molecule has 130 valence electrons. The van der Waals surface area contributed by atoms with E-state index >= 15 is 0 Å². The minimum atomic E-state index is 0.896. The van der Waals surface area contributed by atoms with Crippen molar-refractivity contribution in [2.75, 3.05) is 43.1 Å². The second-order valence-corrected chi connectivity index (χ2v) is 6.23. The summed E-state index contributed by atoms with van der Waals surface area (Å²) in [5, 5.41) is 4.45. The molecule has 0 unspecified atom stereocenters. The van der Waals surface area contributed by atoms with Crippen molar-refractivity contribution >= 4 is 17.2 Å². The molecule has 1 aromatic carbocycles. The lowest BCUT2D eigenvalue weighted by Gasteiger charge is -2.37. The Morgan fingerprint density at radius 1 is 1.00 bits per heavy atom. The van der Waals surface area contributed by atoms with Crippen LogP contribution in [0.2, 0.25) is 0 Å². The molecule has 0 amide bonds. The molecule has 6 nitrogen and oxygen atoms in total. The highest BCUT2D eigenvalue weighted by molar-refractivity contribution is 5.54. The van der Waals surface area contributed by atoms with Crippen LogP contribution in [0, 0.1) is 0 Å². The summed E-state index contributed by atoms with van der Waals surface area (Å²) in [5.41, 5.74) is 3.28. The van der Waals surface area contributed by atoms with Gasteiger partial charge in [0.05, 0.1) is 13.3 Å². The van der Waals surface area contributed by atoms with E-state index in [0.29, 0.717) is 0 Å². The molecule has 1 fully saturated rings. The van der Waals surface area contributed by atoms with Crippen molar-refractivity contribution in [2.24, 2.45) is 0 Å². The summed E-state index contributed by atoms with van der Waals surface area (Å²) in [6, 6.07) is 12.4. The van der Waals surface area contributed by atoms with Gasteiger partial charge in [-0.05, 0) is 30.7 Å². The summed E-state index contributed by atoms with van der Waals surface area (Å²) < 4.78 is 7.19. The maximum Gasteiger partial charge on any atom is 0.157 e. The lowest BCUT2D eigenvalue weighted by atomic mass is 10.2. The van der Waals surface area contributed by atoms with Gasteiger partial charge < -0.3 is 14.5 Å². The predicted molar refractivity (Wildman–Crippen MR) is 99.8 cm³/mol. The van der Waals surface area contributed by atoms with Gasteiger partial charge in [0, 0.05) is 49.7 Å². The second-order valence-electron chi connectivity index (χ2n) is 6.23. The van der Waals surface area contributed by atoms with Gasteiger partial charge in [-0.15, -0.1) is 0 Å². The number of rotatable bonds is 4. The molecular weight excluding hydrogens is 314 g/mol. The van der Waals surface area contributed by atoms with Crippen molar-refractivity contribution in [3.05, 3.63) is 48.3 Å². The van der Waals surface area contributed by atoms with E-state index in [1.54, 1.807) is 7.11 Å². The number of hydrogen-bond donors (Lipinski definition) is 0. The zero-order chi connectivity index (χ0) is 17.2. The van der Waals surface area contributed by atoms with Gasteiger partial charge in [-0.1, -0.05) is 6.92 Å². The minimum absolute atomic E-state index is 0.896. The van der Waals surface area contributed by atoms with Crippen LogP contribution >= 0.6 is 0 Å². The molecule has 0 radical (unpaired) electrons. The maximum atomic E-state index is 5.24. The predicted octanol–water partition coefficient (Wildman–Crippen LogP) is 2.63. The maximum absolute atomic E-state index is 5.24. The Morgan fingerprint density at radius 3 is 2.40 bits per heavy atom. The van der Waals surface area contributed by atoms with Crippen molar-refractivity contribution in [3.8, 4) is 5.75 Å². The van der Waals surface area contributed by atoms with Crippen molar-refractivity contribution in [2.45, 2.75) is 13.3 Å². The number of benzene rings is 1. The quantitative estimate of drug-likeness (QED) is 0.732. The molecule has 3 aromatic rings. The van der Waals surface area contributed by atoms with Crippen LogP contribution in [0.4, 0.5) is 11.5 Å². The smallest absolute Gasteiger partial charge is 0.157 e.